The summed E-state index contributed by atoms with van der Waals surface area (Å²) in [7, 11) is -3.77. The second kappa shape index (κ2) is 7.29. The van der Waals surface area contributed by atoms with E-state index in [0.29, 0.717) is 13.1 Å². The number of sulfonamides is 1. The second-order valence-corrected chi connectivity index (χ2v) is 8.61. The summed E-state index contributed by atoms with van der Waals surface area (Å²) in [4.78, 5) is 1.95. The van der Waals surface area contributed by atoms with Gasteiger partial charge >= 0.3 is 0 Å². The van der Waals surface area contributed by atoms with E-state index in [9.17, 15) is 12.8 Å². The van der Waals surface area contributed by atoms with E-state index in [1.165, 1.54) is 28.6 Å². The van der Waals surface area contributed by atoms with Crippen molar-refractivity contribution in [3.63, 3.8) is 0 Å². The Hall–Kier alpha value is -1.05. The van der Waals surface area contributed by atoms with Crippen LogP contribution in [0.2, 0.25) is 15.1 Å². The van der Waals surface area contributed by atoms with Gasteiger partial charge in [-0.25, -0.2) is 12.8 Å². The minimum atomic E-state index is -3.77. The van der Waals surface area contributed by atoms with Crippen molar-refractivity contribution in [2.24, 2.45) is 0 Å². The van der Waals surface area contributed by atoms with E-state index in [1.54, 1.807) is 12.1 Å². The van der Waals surface area contributed by atoms with Gasteiger partial charge in [0.15, 0.2) is 0 Å². The summed E-state index contributed by atoms with van der Waals surface area (Å²) in [6.07, 6.45) is 0. The van der Waals surface area contributed by atoms with E-state index >= 15 is 0 Å². The van der Waals surface area contributed by atoms with Crippen LogP contribution in [0, 0.1) is 5.82 Å². The number of piperazine rings is 1. The van der Waals surface area contributed by atoms with Gasteiger partial charge in [0.1, 0.15) is 10.7 Å². The molecule has 1 aliphatic rings. The number of nitrogens with zero attached hydrogens (tertiary/aromatic N) is 2. The average Bonchev–Trinajstić information content (AvgIpc) is 2.60. The van der Waals surface area contributed by atoms with Gasteiger partial charge in [-0.2, -0.15) is 4.31 Å². The van der Waals surface area contributed by atoms with Crippen LogP contribution in [0.1, 0.15) is 0 Å². The highest BCUT2D eigenvalue weighted by atomic mass is 35.5. The third-order valence-corrected chi connectivity index (χ3v) is 7.39. The first-order valence-corrected chi connectivity index (χ1v) is 10.0. The number of benzene rings is 2. The van der Waals surface area contributed by atoms with Crippen molar-refractivity contribution in [1.82, 2.24) is 4.31 Å². The van der Waals surface area contributed by atoms with Crippen molar-refractivity contribution < 1.29 is 12.8 Å². The van der Waals surface area contributed by atoms with Gasteiger partial charge in [0.05, 0.1) is 15.1 Å². The summed E-state index contributed by atoms with van der Waals surface area (Å²) >= 11 is 17.9. The molecular formula is C16H14Cl3FN2O2S. The van der Waals surface area contributed by atoms with Crippen LogP contribution in [-0.2, 0) is 10.0 Å². The number of rotatable bonds is 3. The van der Waals surface area contributed by atoms with Crippen LogP contribution in [0.25, 0.3) is 0 Å². The van der Waals surface area contributed by atoms with E-state index in [2.05, 4.69) is 0 Å². The summed E-state index contributed by atoms with van der Waals surface area (Å²) < 4.78 is 40.0. The van der Waals surface area contributed by atoms with E-state index in [4.69, 9.17) is 34.8 Å². The average molecular weight is 424 g/mol. The lowest BCUT2D eigenvalue weighted by Crippen LogP contribution is -2.48. The quantitative estimate of drug-likeness (QED) is 0.691. The third-order valence-electron chi connectivity index (χ3n) is 4.05. The summed E-state index contributed by atoms with van der Waals surface area (Å²) in [6.45, 7) is 1.56. The number of hydrogen-bond acceptors (Lipinski definition) is 3. The van der Waals surface area contributed by atoms with Crippen molar-refractivity contribution in [2.45, 2.75) is 4.90 Å². The maximum atomic E-state index is 13.0. The van der Waals surface area contributed by atoms with Gasteiger partial charge in [0.25, 0.3) is 0 Å². The Labute approximate surface area is 160 Å². The molecule has 0 N–H and O–H groups in total. The van der Waals surface area contributed by atoms with Crippen LogP contribution in [0.4, 0.5) is 10.1 Å². The summed E-state index contributed by atoms with van der Waals surface area (Å²) in [5.41, 5.74) is 0.853. The van der Waals surface area contributed by atoms with Crippen LogP contribution in [-0.4, -0.2) is 38.9 Å². The highest BCUT2D eigenvalue weighted by molar-refractivity contribution is 7.89. The molecule has 1 saturated heterocycles. The van der Waals surface area contributed by atoms with Crippen LogP contribution >= 0.6 is 34.8 Å². The predicted molar refractivity (Wildman–Crippen MR) is 98.8 cm³/mol. The van der Waals surface area contributed by atoms with Gasteiger partial charge in [-0.1, -0.05) is 34.8 Å². The molecule has 2 aromatic rings. The molecule has 25 heavy (non-hydrogen) atoms. The molecule has 0 saturated carbocycles. The molecular weight excluding hydrogens is 410 g/mol. The molecule has 1 aliphatic heterocycles. The van der Waals surface area contributed by atoms with Crippen LogP contribution in [0.5, 0.6) is 0 Å². The summed E-state index contributed by atoms with van der Waals surface area (Å²) in [5, 5.41) is 0.149. The molecule has 0 bridgehead atoms. The molecule has 1 heterocycles. The maximum Gasteiger partial charge on any atom is 0.244 e. The molecule has 0 aliphatic carbocycles. The molecule has 0 spiro atoms. The monoisotopic (exact) mass is 422 g/mol. The zero-order valence-corrected chi connectivity index (χ0v) is 16.0. The number of hydrogen-bond donors (Lipinski definition) is 0. The lowest BCUT2D eigenvalue weighted by atomic mass is 10.2. The Kier molecular flexibility index (Phi) is 5.46. The Morgan fingerprint density at radius 2 is 1.44 bits per heavy atom. The third kappa shape index (κ3) is 3.73. The Bertz CT molecular complexity index is 883. The molecule has 0 radical (unpaired) electrons. The van der Waals surface area contributed by atoms with Crippen molar-refractivity contribution in [2.75, 3.05) is 31.1 Å². The topological polar surface area (TPSA) is 40.6 Å². The molecule has 9 heteroatoms. The Morgan fingerprint density at radius 3 is 2.04 bits per heavy atom. The largest absolute Gasteiger partial charge is 0.369 e. The fraction of sp³-hybridized carbons (Fsp3) is 0.250. The molecule has 0 atom stereocenters. The minimum absolute atomic E-state index is 0.0226. The SMILES string of the molecule is O=S(=O)(c1ccc(Cl)c(Cl)c1Cl)N1CCN(c2ccc(F)cc2)CC1. The van der Waals surface area contributed by atoms with E-state index in [1.807, 2.05) is 4.90 Å². The first kappa shape index (κ1) is 18.7. The molecule has 4 nitrogen and oxygen atoms in total. The van der Waals surface area contributed by atoms with Crippen LogP contribution in [0.15, 0.2) is 41.3 Å². The van der Waals surface area contributed by atoms with Crippen LogP contribution < -0.4 is 4.90 Å². The minimum Gasteiger partial charge on any atom is -0.369 e. The van der Waals surface area contributed by atoms with Crippen molar-refractivity contribution in [1.29, 1.82) is 0 Å². The standard InChI is InChI=1S/C16H14Cl3FN2O2S/c17-13-5-6-14(16(19)15(13)18)25(23,24)22-9-7-21(8-10-22)12-3-1-11(20)2-4-12/h1-6H,7-10H2. The first-order valence-electron chi connectivity index (χ1n) is 7.45. The molecule has 0 unspecified atom stereocenters. The number of anilines is 1. The van der Waals surface area contributed by atoms with Crippen LogP contribution in [0.3, 0.4) is 0 Å². The van der Waals surface area contributed by atoms with E-state index in [0.717, 1.165) is 5.69 Å². The zero-order chi connectivity index (χ0) is 18.2. The van der Waals surface area contributed by atoms with E-state index in [-0.39, 0.29) is 38.9 Å². The summed E-state index contributed by atoms with van der Waals surface area (Å²) in [6, 6.07) is 8.89. The zero-order valence-electron chi connectivity index (χ0n) is 12.9. The second-order valence-electron chi connectivity index (χ2n) is 5.54. The fourth-order valence-electron chi connectivity index (χ4n) is 2.69. The van der Waals surface area contributed by atoms with Gasteiger partial charge in [-0.3, -0.25) is 0 Å². The first-order chi connectivity index (χ1) is 11.8. The van der Waals surface area contributed by atoms with Crippen molar-refractivity contribution in [3.8, 4) is 0 Å². The van der Waals surface area contributed by atoms with Crippen molar-refractivity contribution in [3.05, 3.63) is 57.3 Å². The lowest BCUT2D eigenvalue weighted by molar-refractivity contribution is 0.385. The molecule has 0 aromatic heterocycles. The number of halogens is 4. The molecule has 2 aromatic carbocycles. The van der Waals surface area contributed by atoms with Gasteiger partial charge in [0, 0.05) is 31.9 Å². The Balaban J connectivity index is 1.78. The maximum absolute atomic E-state index is 13.0. The van der Waals surface area contributed by atoms with Gasteiger partial charge in [-0.05, 0) is 36.4 Å². The molecule has 3 rings (SSSR count). The fourth-order valence-corrected chi connectivity index (χ4v) is 5.06. The summed E-state index contributed by atoms with van der Waals surface area (Å²) in [5.74, 6) is -0.306. The van der Waals surface area contributed by atoms with Gasteiger partial charge < -0.3 is 4.90 Å². The Morgan fingerprint density at radius 1 is 0.840 bits per heavy atom. The molecule has 1 fully saturated rings. The van der Waals surface area contributed by atoms with Crippen molar-refractivity contribution >= 4 is 50.5 Å². The predicted octanol–water partition coefficient (Wildman–Crippen LogP) is 4.30. The van der Waals surface area contributed by atoms with Gasteiger partial charge in [-0.15, -0.1) is 0 Å². The molecule has 0 amide bonds. The smallest absolute Gasteiger partial charge is 0.244 e. The van der Waals surface area contributed by atoms with E-state index < -0.39 is 10.0 Å². The lowest BCUT2D eigenvalue weighted by Gasteiger charge is -2.35. The van der Waals surface area contributed by atoms with Gasteiger partial charge in [0.2, 0.25) is 10.0 Å². The molecule has 134 valence electrons. The highest BCUT2D eigenvalue weighted by Crippen LogP contribution is 2.36. The highest BCUT2D eigenvalue weighted by Gasteiger charge is 2.31. The normalized spacial score (nSPS) is 16.2.